The molecule has 0 radical (unpaired) electrons. The van der Waals surface area contributed by atoms with E-state index in [0.717, 1.165) is 0 Å². The third kappa shape index (κ3) is 4.31. The summed E-state index contributed by atoms with van der Waals surface area (Å²) in [5.74, 6) is -0.570. The number of carbonyl (C=O) groups excluding carboxylic acids is 2. The molecule has 2 heterocycles. The monoisotopic (exact) mass is 341 g/mol. The van der Waals surface area contributed by atoms with Crippen LogP contribution in [0.4, 0.5) is 4.79 Å². The summed E-state index contributed by atoms with van der Waals surface area (Å²) in [7, 11) is 0. The molecule has 0 unspecified atom stereocenters. The second-order valence-corrected chi connectivity index (χ2v) is 6.48. The molecule has 2 rings (SSSR count). The predicted molar refractivity (Wildman–Crippen MR) is 83.3 cm³/mol. The van der Waals surface area contributed by atoms with E-state index in [2.05, 4.69) is 9.97 Å². The number of hydrogen-bond donors (Lipinski definition) is 0. The molecule has 7 nitrogen and oxygen atoms in total. The topological polar surface area (TPSA) is 81.6 Å². The van der Waals surface area contributed by atoms with E-state index in [1.807, 2.05) is 0 Å². The first kappa shape index (κ1) is 17.5. The van der Waals surface area contributed by atoms with Crippen molar-refractivity contribution in [2.24, 2.45) is 0 Å². The summed E-state index contributed by atoms with van der Waals surface area (Å²) in [6.07, 6.45) is 0.0383. The van der Waals surface area contributed by atoms with Crippen LogP contribution in [0.25, 0.3) is 0 Å². The van der Waals surface area contributed by atoms with Gasteiger partial charge in [-0.3, -0.25) is 0 Å². The quantitative estimate of drug-likeness (QED) is 0.607. The highest BCUT2D eigenvalue weighted by molar-refractivity contribution is 6.28. The Labute approximate surface area is 139 Å². The third-order valence-electron chi connectivity index (χ3n) is 3.15. The molecular weight excluding hydrogens is 322 g/mol. The first-order valence-corrected chi connectivity index (χ1v) is 7.79. The lowest BCUT2D eigenvalue weighted by atomic mass is 10.0. The number of esters is 1. The number of rotatable bonds is 2. The van der Waals surface area contributed by atoms with Gasteiger partial charge in [-0.1, -0.05) is 0 Å². The Hall–Kier alpha value is -1.89. The first-order valence-electron chi connectivity index (χ1n) is 7.41. The van der Waals surface area contributed by atoms with Gasteiger partial charge in [0.05, 0.1) is 18.8 Å². The molecule has 1 aliphatic rings. The molecule has 1 aromatic rings. The van der Waals surface area contributed by atoms with Gasteiger partial charge in [0.2, 0.25) is 5.28 Å². The molecule has 0 fully saturated rings. The lowest BCUT2D eigenvalue weighted by Gasteiger charge is -2.31. The molecule has 0 N–H and O–H groups in total. The Morgan fingerprint density at radius 1 is 1.30 bits per heavy atom. The van der Waals surface area contributed by atoms with Crippen molar-refractivity contribution in [2.75, 3.05) is 13.2 Å². The second kappa shape index (κ2) is 6.70. The molecule has 8 heteroatoms. The van der Waals surface area contributed by atoms with Gasteiger partial charge in [0, 0.05) is 18.5 Å². The number of aromatic nitrogens is 2. The van der Waals surface area contributed by atoms with Crippen molar-refractivity contribution in [2.45, 2.75) is 46.3 Å². The highest BCUT2D eigenvalue weighted by Crippen LogP contribution is 2.24. The Morgan fingerprint density at radius 3 is 2.61 bits per heavy atom. The van der Waals surface area contributed by atoms with Gasteiger partial charge in [0.1, 0.15) is 5.60 Å². The largest absolute Gasteiger partial charge is 0.461 e. The maximum Gasteiger partial charge on any atom is 0.410 e. The maximum absolute atomic E-state index is 12.2. The van der Waals surface area contributed by atoms with E-state index in [1.54, 1.807) is 27.7 Å². The summed E-state index contributed by atoms with van der Waals surface area (Å²) in [6, 6.07) is 0. The maximum atomic E-state index is 12.2. The van der Waals surface area contributed by atoms with Crippen molar-refractivity contribution in [3.8, 4) is 0 Å². The summed E-state index contributed by atoms with van der Waals surface area (Å²) >= 11 is 5.88. The molecule has 0 atom stereocenters. The molecule has 0 bridgehead atoms. The van der Waals surface area contributed by atoms with E-state index in [-0.39, 0.29) is 24.1 Å². The zero-order valence-electron chi connectivity index (χ0n) is 13.7. The molecule has 23 heavy (non-hydrogen) atoms. The highest BCUT2D eigenvalue weighted by Gasteiger charge is 2.30. The highest BCUT2D eigenvalue weighted by atomic mass is 35.5. The van der Waals surface area contributed by atoms with Crippen LogP contribution in [0, 0.1) is 0 Å². The molecule has 0 spiro atoms. The van der Waals surface area contributed by atoms with Crippen molar-refractivity contribution >= 4 is 23.7 Å². The molecule has 0 aromatic carbocycles. The fourth-order valence-electron chi connectivity index (χ4n) is 2.23. The van der Waals surface area contributed by atoms with E-state index >= 15 is 0 Å². The zero-order valence-corrected chi connectivity index (χ0v) is 14.4. The van der Waals surface area contributed by atoms with Gasteiger partial charge in [0.15, 0.2) is 5.69 Å². The van der Waals surface area contributed by atoms with Crippen LogP contribution in [0.5, 0.6) is 0 Å². The van der Waals surface area contributed by atoms with Crippen molar-refractivity contribution in [1.29, 1.82) is 0 Å². The number of fused-ring (bicyclic) bond motifs is 1. The number of hydrogen-bond acceptors (Lipinski definition) is 6. The average Bonchev–Trinajstić information content (AvgIpc) is 2.44. The number of nitrogens with zero attached hydrogens (tertiary/aromatic N) is 3. The smallest absolute Gasteiger partial charge is 0.410 e. The molecule has 1 amide bonds. The standard InChI is InChI=1S/C15H20ClN3O4/c1-5-22-12(20)11-9-8-19(14(21)23-15(2,3)4)7-6-10(9)17-13(16)18-11/h5-8H2,1-4H3. The van der Waals surface area contributed by atoms with Gasteiger partial charge in [-0.05, 0) is 39.3 Å². The molecule has 1 aliphatic heterocycles. The Bertz CT molecular complexity index is 628. The second-order valence-electron chi connectivity index (χ2n) is 6.14. The Balaban J connectivity index is 2.28. The molecular formula is C15H20ClN3O4. The minimum atomic E-state index is -0.585. The third-order valence-corrected chi connectivity index (χ3v) is 3.32. The van der Waals surface area contributed by atoms with E-state index in [4.69, 9.17) is 21.1 Å². The van der Waals surface area contributed by atoms with Gasteiger partial charge in [-0.2, -0.15) is 0 Å². The summed E-state index contributed by atoms with van der Waals surface area (Å²) < 4.78 is 10.4. The predicted octanol–water partition coefficient (Wildman–Crippen LogP) is 2.60. The van der Waals surface area contributed by atoms with Crippen LogP contribution in [0.15, 0.2) is 0 Å². The van der Waals surface area contributed by atoms with E-state index in [9.17, 15) is 9.59 Å². The minimum Gasteiger partial charge on any atom is -0.461 e. The molecule has 0 saturated carbocycles. The van der Waals surface area contributed by atoms with Gasteiger partial charge < -0.3 is 14.4 Å². The van der Waals surface area contributed by atoms with Crippen LogP contribution >= 0.6 is 11.6 Å². The number of carbonyl (C=O) groups is 2. The fraction of sp³-hybridized carbons (Fsp3) is 0.600. The van der Waals surface area contributed by atoms with Gasteiger partial charge in [-0.15, -0.1) is 0 Å². The van der Waals surface area contributed by atoms with Gasteiger partial charge in [0.25, 0.3) is 0 Å². The van der Waals surface area contributed by atoms with Crippen LogP contribution in [0.1, 0.15) is 49.4 Å². The number of ether oxygens (including phenoxy) is 2. The van der Waals surface area contributed by atoms with Crippen molar-refractivity contribution in [3.63, 3.8) is 0 Å². The van der Waals surface area contributed by atoms with E-state index in [0.29, 0.717) is 24.2 Å². The van der Waals surface area contributed by atoms with E-state index in [1.165, 1.54) is 4.90 Å². The SMILES string of the molecule is CCOC(=O)c1nc(Cl)nc2c1CN(C(=O)OC(C)(C)C)CC2. The molecule has 1 aromatic heterocycles. The summed E-state index contributed by atoms with van der Waals surface area (Å²) in [5.41, 5.74) is 0.741. The van der Waals surface area contributed by atoms with Crippen molar-refractivity contribution in [1.82, 2.24) is 14.9 Å². The van der Waals surface area contributed by atoms with Gasteiger partial charge >= 0.3 is 12.1 Å². The van der Waals surface area contributed by atoms with Crippen LogP contribution in [-0.2, 0) is 22.4 Å². The van der Waals surface area contributed by atoms with Crippen molar-refractivity contribution in [3.05, 3.63) is 22.2 Å². The van der Waals surface area contributed by atoms with Crippen LogP contribution in [-0.4, -0.2) is 45.7 Å². The summed E-state index contributed by atoms with van der Waals surface area (Å²) in [4.78, 5) is 33.9. The minimum absolute atomic E-state index is 0.00230. The Kier molecular flexibility index (Phi) is 5.09. The zero-order chi connectivity index (χ0) is 17.2. The number of halogens is 1. The molecule has 126 valence electrons. The summed E-state index contributed by atoms with van der Waals surface area (Å²) in [6.45, 7) is 7.97. The van der Waals surface area contributed by atoms with Crippen LogP contribution in [0.2, 0.25) is 5.28 Å². The fourth-order valence-corrected chi connectivity index (χ4v) is 2.42. The van der Waals surface area contributed by atoms with Gasteiger partial charge in [-0.25, -0.2) is 19.6 Å². The first-order chi connectivity index (χ1) is 10.7. The summed E-state index contributed by atoms with van der Waals surface area (Å²) in [5, 5.41) is -0.00230. The van der Waals surface area contributed by atoms with Crippen molar-refractivity contribution < 1.29 is 19.1 Å². The lowest BCUT2D eigenvalue weighted by Crippen LogP contribution is -2.41. The average molecular weight is 342 g/mol. The van der Waals surface area contributed by atoms with Crippen LogP contribution in [0.3, 0.4) is 0 Å². The number of amides is 1. The lowest BCUT2D eigenvalue weighted by molar-refractivity contribution is 0.0218. The molecule has 0 aliphatic carbocycles. The molecule has 0 saturated heterocycles. The Morgan fingerprint density at radius 2 is 2.00 bits per heavy atom. The van der Waals surface area contributed by atoms with E-state index < -0.39 is 17.7 Å². The normalized spacial score (nSPS) is 14.2. The van der Waals surface area contributed by atoms with Crippen LogP contribution < -0.4 is 0 Å².